The van der Waals surface area contributed by atoms with E-state index in [1.165, 1.54) is 17.5 Å². The number of phenolic OH excluding ortho intramolecular Hbond substituents is 1. The highest BCUT2D eigenvalue weighted by molar-refractivity contribution is 5.84. The van der Waals surface area contributed by atoms with Gasteiger partial charge in [0.25, 0.3) is 0 Å². The molecule has 0 aromatic heterocycles. The summed E-state index contributed by atoms with van der Waals surface area (Å²) in [4.78, 5) is 4.74. The number of oxime groups is 1. The van der Waals surface area contributed by atoms with Crippen LogP contribution in [-0.4, -0.2) is 47.6 Å². The molecule has 0 bridgehead atoms. The third kappa shape index (κ3) is 4.12. The Morgan fingerprint density at radius 2 is 1.68 bits per heavy atom. The van der Waals surface area contributed by atoms with Gasteiger partial charge < -0.3 is 15.2 Å². The van der Waals surface area contributed by atoms with Gasteiger partial charge in [0, 0.05) is 49.5 Å². The molecule has 2 aromatic rings. The molecular formula is C20H25N3O2. The number of benzene rings is 2. The maximum atomic E-state index is 10.4. The largest absolute Gasteiger partial charge is 0.507 e. The minimum Gasteiger partial charge on any atom is -0.507 e. The first-order valence-corrected chi connectivity index (χ1v) is 8.60. The lowest BCUT2D eigenvalue weighted by Crippen LogP contribution is -2.46. The van der Waals surface area contributed by atoms with E-state index in [4.69, 9.17) is 5.21 Å². The molecule has 1 fully saturated rings. The fourth-order valence-electron chi connectivity index (χ4n) is 3.33. The van der Waals surface area contributed by atoms with Crippen LogP contribution < -0.4 is 4.90 Å². The van der Waals surface area contributed by atoms with E-state index < -0.39 is 0 Å². The van der Waals surface area contributed by atoms with Crippen LogP contribution >= 0.6 is 0 Å². The zero-order valence-electron chi connectivity index (χ0n) is 14.8. The fourth-order valence-corrected chi connectivity index (χ4v) is 3.33. The Hall–Kier alpha value is -2.53. The first-order chi connectivity index (χ1) is 12.1. The SMILES string of the molecule is Cc1ccc(N2CCN(Cc3cc(C)cc(/C=N/O)c3O)CC2)cc1. The Morgan fingerprint density at radius 3 is 2.32 bits per heavy atom. The average Bonchev–Trinajstić information content (AvgIpc) is 2.61. The Labute approximate surface area is 148 Å². The van der Waals surface area contributed by atoms with E-state index >= 15 is 0 Å². The molecule has 2 N–H and O–H groups in total. The summed E-state index contributed by atoms with van der Waals surface area (Å²) in [6, 6.07) is 12.5. The maximum absolute atomic E-state index is 10.4. The first-order valence-electron chi connectivity index (χ1n) is 8.60. The standard InChI is InChI=1S/C20H25N3O2/c1-15-3-5-19(6-4-15)23-9-7-22(8-10-23)14-18-12-16(2)11-17(13-21-25)20(18)24/h3-6,11-13,24-25H,7-10,14H2,1-2H3/b21-13+. The molecule has 1 saturated heterocycles. The predicted molar refractivity (Wildman–Crippen MR) is 101 cm³/mol. The van der Waals surface area contributed by atoms with E-state index in [1.807, 2.05) is 19.1 Å². The van der Waals surface area contributed by atoms with Crippen molar-refractivity contribution < 1.29 is 10.3 Å². The van der Waals surface area contributed by atoms with Crippen LogP contribution in [0.1, 0.15) is 22.3 Å². The van der Waals surface area contributed by atoms with Crippen LogP contribution in [0.2, 0.25) is 0 Å². The molecule has 0 aliphatic carbocycles. The van der Waals surface area contributed by atoms with Gasteiger partial charge in [-0.1, -0.05) is 28.9 Å². The first kappa shape index (κ1) is 17.3. The number of piperazine rings is 1. The van der Waals surface area contributed by atoms with Crippen molar-refractivity contribution in [2.24, 2.45) is 5.16 Å². The number of aryl methyl sites for hydroxylation is 2. The van der Waals surface area contributed by atoms with Crippen molar-refractivity contribution in [3.63, 3.8) is 0 Å². The number of nitrogens with zero attached hydrogens (tertiary/aromatic N) is 3. The molecule has 1 aliphatic heterocycles. The highest BCUT2D eigenvalue weighted by Gasteiger charge is 2.19. The molecule has 0 atom stereocenters. The second kappa shape index (κ2) is 7.57. The molecule has 25 heavy (non-hydrogen) atoms. The molecular weight excluding hydrogens is 314 g/mol. The van der Waals surface area contributed by atoms with Gasteiger partial charge in [0.05, 0.1) is 6.21 Å². The second-order valence-corrected chi connectivity index (χ2v) is 6.71. The summed E-state index contributed by atoms with van der Waals surface area (Å²) in [5.41, 5.74) is 5.01. The van der Waals surface area contributed by atoms with E-state index in [-0.39, 0.29) is 5.75 Å². The summed E-state index contributed by atoms with van der Waals surface area (Å²) >= 11 is 0. The van der Waals surface area contributed by atoms with E-state index in [9.17, 15) is 5.11 Å². The van der Waals surface area contributed by atoms with Gasteiger partial charge in [-0.15, -0.1) is 0 Å². The van der Waals surface area contributed by atoms with Gasteiger partial charge in [0.15, 0.2) is 0 Å². The molecule has 0 saturated carbocycles. The summed E-state index contributed by atoms with van der Waals surface area (Å²) in [6.07, 6.45) is 1.28. The molecule has 3 rings (SSSR count). The Morgan fingerprint density at radius 1 is 1.00 bits per heavy atom. The summed E-state index contributed by atoms with van der Waals surface area (Å²) in [5.74, 6) is 0.198. The van der Waals surface area contributed by atoms with Gasteiger partial charge in [-0.3, -0.25) is 4.90 Å². The van der Waals surface area contributed by atoms with Crippen LogP contribution in [0.4, 0.5) is 5.69 Å². The number of hydrogen-bond acceptors (Lipinski definition) is 5. The zero-order valence-corrected chi connectivity index (χ0v) is 14.8. The van der Waals surface area contributed by atoms with Crippen molar-refractivity contribution in [1.82, 2.24) is 4.90 Å². The van der Waals surface area contributed by atoms with E-state index in [2.05, 4.69) is 46.1 Å². The topological polar surface area (TPSA) is 59.3 Å². The average molecular weight is 339 g/mol. The second-order valence-electron chi connectivity index (χ2n) is 6.71. The third-order valence-corrected chi connectivity index (χ3v) is 4.72. The van der Waals surface area contributed by atoms with E-state index in [0.717, 1.165) is 37.3 Å². The molecule has 5 heteroatoms. The molecule has 0 unspecified atom stereocenters. The third-order valence-electron chi connectivity index (χ3n) is 4.72. The van der Waals surface area contributed by atoms with Crippen molar-refractivity contribution in [2.75, 3.05) is 31.1 Å². The van der Waals surface area contributed by atoms with Crippen molar-refractivity contribution in [3.05, 3.63) is 58.7 Å². The van der Waals surface area contributed by atoms with Crippen LogP contribution in [0, 0.1) is 13.8 Å². The van der Waals surface area contributed by atoms with Crippen molar-refractivity contribution >= 4 is 11.9 Å². The summed E-state index contributed by atoms with van der Waals surface area (Å²) in [5, 5.41) is 22.2. The highest BCUT2D eigenvalue weighted by atomic mass is 16.4. The number of anilines is 1. The van der Waals surface area contributed by atoms with Crippen LogP contribution in [-0.2, 0) is 6.54 Å². The minimum absolute atomic E-state index is 0.198. The molecule has 132 valence electrons. The van der Waals surface area contributed by atoms with Crippen molar-refractivity contribution in [2.45, 2.75) is 20.4 Å². The van der Waals surface area contributed by atoms with Crippen LogP contribution in [0.5, 0.6) is 5.75 Å². The monoisotopic (exact) mass is 339 g/mol. The number of aromatic hydroxyl groups is 1. The van der Waals surface area contributed by atoms with Crippen molar-refractivity contribution in [1.29, 1.82) is 0 Å². The summed E-state index contributed by atoms with van der Waals surface area (Å²) in [7, 11) is 0. The molecule has 0 amide bonds. The quantitative estimate of drug-likeness (QED) is 0.510. The van der Waals surface area contributed by atoms with Gasteiger partial charge in [0.2, 0.25) is 0 Å². The van der Waals surface area contributed by atoms with E-state index in [1.54, 1.807) is 0 Å². The van der Waals surface area contributed by atoms with Crippen LogP contribution in [0.25, 0.3) is 0 Å². The smallest absolute Gasteiger partial charge is 0.128 e. The van der Waals surface area contributed by atoms with Crippen LogP contribution in [0.3, 0.4) is 0 Å². The van der Waals surface area contributed by atoms with E-state index in [0.29, 0.717) is 12.1 Å². The predicted octanol–water partition coefficient (Wildman–Crippen LogP) is 3.14. The van der Waals surface area contributed by atoms with Crippen LogP contribution in [0.15, 0.2) is 41.6 Å². The summed E-state index contributed by atoms with van der Waals surface area (Å²) < 4.78 is 0. The number of phenols is 1. The van der Waals surface area contributed by atoms with Gasteiger partial charge in [-0.25, -0.2) is 0 Å². The summed E-state index contributed by atoms with van der Waals surface area (Å²) in [6.45, 7) is 8.62. The zero-order chi connectivity index (χ0) is 17.8. The Kier molecular flexibility index (Phi) is 5.24. The molecule has 1 aliphatic rings. The number of hydrogen-bond donors (Lipinski definition) is 2. The lowest BCUT2D eigenvalue weighted by atomic mass is 10.0. The number of rotatable bonds is 4. The molecule has 0 radical (unpaired) electrons. The van der Waals surface area contributed by atoms with Crippen molar-refractivity contribution in [3.8, 4) is 5.75 Å². The molecule has 0 spiro atoms. The molecule has 2 aromatic carbocycles. The Bertz CT molecular complexity index is 748. The minimum atomic E-state index is 0.198. The van der Waals surface area contributed by atoms with Gasteiger partial charge in [-0.05, 0) is 37.6 Å². The van der Waals surface area contributed by atoms with Gasteiger partial charge in [-0.2, -0.15) is 0 Å². The van der Waals surface area contributed by atoms with Gasteiger partial charge in [0.1, 0.15) is 5.75 Å². The Balaban J connectivity index is 1.65. The highest BCUT2D eigenvalue weighted by Crippen LogP contribution is 2.26. The lowest BCUT2D eigenvalue weighted by Gasteiger charge is -2.36. The normalized spacial score (nSPS) is 15.8. The maximum Gasteiger partial charge on any atom is 0.128 e. The molecule has 5 nitrogen and oxygen atoms in total. The lowest BCUT2D eigenvalue weighted by molar-refractivity contribution is 0.246. The van der Waals surface area contributed by atoms with Gasteiger partial charge >= 0.3 is 0 Å². The molecule has 1 heterocycles. The fraction of sp³-hybridized carbons (Fsp3) is 0.350.